The lowest BCUT2D eigenvalue weighted by atomic mass is 9.20. The molecule has 0 spiro atoms. The average Bonchev–Trinajstić information content (AvgIpc) is 2.81. The Morgan fingerprint density at radius 3 is 0.750 bits per heavy atom. The molecule has 12 aromatic carbocycles. The number of benzene rings is 12. The highest BCUT2D eigenvalue weighted by atomic mass is 15.0. The standard InChI is InChI=1S/C78H58B2N4/c1-47-39-49(3)77(50(4)40-47)79-65-35-31-56(84-74-30-18-12-24-62(74)64-44-54(34-38-76(64)84)82-71-27-15-9-21-59(71)60-22-10-16-28-72(60)82)46-68(65)80(78-51(5)41-48(2)42-52(78)6)66-36-32-55(45-67(66)79)83-73-29-17-11-23-61(73)63-43-53(33-37-75(63)83)81-69-25-13-7-19-57(69)58-20-8-14-26-70(58)81/h7-46H,1-6H3. The molecular formula is C78H58B2N4. The van der Waals surface area contributed by atoms with Gasteiger partial charge in [0.15, 0.2) is 0 Å². The van der Waals surface area contributed by atoms with Crippen molar-refractivity contribution in [2.45, 2.75) is 41.5 Å². The fourth-order valence-electron chi connectivity index (χ4n) is 15.8. The molecule has 4 nitrogen and oxygen atoms in total. The number of para-hydroxylation sites is 6. The summed E-state index contributed by atoms with van der Waals surface area (Å²) in [5.74, 6) is 0. The van der Waals surface area contributed by atoms with Crippen molar-refractivity contribution in [3.8, 4) is 22.7 Å². The van der Waals surface area contributed by atoms with Crippen molar-refractivity contribution >= 4 is 133 Å². The second-order valence-corrected chi connectivity index (χ2v) is 24.0. The van der Waals surface area contributed by atoms with Crippen LogP contribution in [0.25, 0.3) is 110 Å². The highest BCUT2D eigenvalue weighted by Crippen LogP contribution is 2.39. The van der Waals surface area contributed by atoms with E-state index >= 15 is 0 Å². The van der Waals surface area contributed by atoms with E-state index in [1.807, 2.05) is 0 Å². The molecule has 396 valence electrons. The van der Waals surface area contributed by atoms with Crippen molar-refractivity contribution in [3.63, 3.8) is 0 Å². The summed E-state index contributed by atoms with van der Waals surface area (Å²) in [5.41, 5.74) is 30.3. The zero-order valence-electron chi connectivity index (χ0n) is 48.0. The summed E-state index contributed by atoms with van der Waals surface area (Å²) < 4.78 is 9.93. The summed E-state index contributed by atoms with van der Waals surface area (Å²) in [6.07, 6.45) is 0. The number of fused-ring (bicyclic) bond motifs is 14. The largest absolute Gasteiger partial charge is 0.309 e. The molecule has 0 saturated carbocycles. The van der Waals surface area contributed by atoms with Crippen LogP contribution < -0.4 is 32.8 Å². The van der Waals surface area contributed by atoms with Crippen LogP contribution in [-0.2, 0) is 0 Å². The molecule has 5 heterocycles. The molecule has 0 atom stereocenters. The molecule has 0 aliphatic carbocycles. The molecule has 0 radical (unpaired) electrons. The maximum absolute atomic E-state index is 2.57. The second-order valence-electron chi connectivity index (χ2n) is 24.0. The highest BCUT2D eigenvalue weighted by molar-refractivity contribution is 7.11. The Hall–Kier alpha value is -10.0. The van der Waals surface area contributed by atoms with Gasteiger partial charge in [-0.05, 0) is 139 Å². The van der Waals surface area contributed by atoms with E-state index in [2.05, 4.69) is 302 Å². The van der Waals surface area contributed by atoms with Gasteiger partial charge in [-0.2, -0.15) is 0 Å². The van der Waals surface area contributed by atoms with Crippen molar-refractivity contribution in [1.29, 1.82) is 0 Å². The monoisotopic (exact) mass is 1070 g/mol. The number of hydrogen-bond donors (Lipinski definition) is 0. The summed E-state index contributed by atoms with van der Waals surface area (Å²) in [6.45, 7) is 13.7. The average molecular weight is 1070 g/mol. The number of aromatic nitrogens is 4. The highest BCUT2D eigenvalue weighted by Gasteiger charge is 2.41. The SMILES string of the molecule is Cc1cc(C)c(B2c3ccc(-n4c5ccccc5c5cc(-n6c7ccccc7c7ccccc76)ccc54)cc3B(c3c(C)cc(C)cc3C)c3ccc(-n4c5ccccc5c5cc(-n6c7ccccc7c7ccccc76)ccc54)cc32)c(C)c1. The van der Waals surface area contributed by atoms with Crippen LogP contribution in [0.1, 0.15) is 33.4 Å². The zero-order chi connectivity index (χ0) is 56.2. The van der Waals surface area contributed by atoms with Crippen LogP contribution in [0.2, 0.25) is 0 Å². The van der Waals surface area contributed by atoms with Gasteiger partial charge in [0.25, 0.3) is 0 Å². The first kappa shape index (κ1) is 48.7. The zero-order valence-corrected chi connectivity index (χ0v) is 48.0. The predicted octanol–water partition coefficient (Wildman–Crippen LogP) is 15.3. The van der Waals surface area contributed by atoms with Crippen molar-refractivity contribution in [1.82, 2.24) is 18.3 Å². The Morgan fingerprint density at radius 2 is 0.452 bits per heavy atom. The van der Waals surface area contributed by atoms with Gasteiger partial charge in [-0.1, -0.05) is 212 Å². The van der Waals surface area contributed by atoms with E-state index in [9.17, 15) is 0 Å². The van der Waals surface area contributed by atoms with Gasteiger partial charge in [-0.25, -0.2) is 0 Å². The Balaban J connectivity index is 0.894. The minimum atomic E-state index is -0.0335. The van der Waals surface area contributed by atoms with Gasteiger partial charge in [-0.15, -0.1) is 0 Å². The third kappa shape index (κ3) is 6.97. The Morgan fingerprint density at radius 1 is 0.214 bits per heavy atom. The van der Waals surface area contributed by atoms with Gasteiger partial charge in [0.05, 0.1) is 44.1 Å². The first-order valence-corrected chi connectivity index (χ1v) is 29.6. The molecule has 4 aromatic heterocycles. The fraction of sp³-hybridized carbons (Fsp3) is 0.0769. The maximum atomic E-state index is 2.57. The smallest absolute Gasteiger partial charge is 0.240 e. The summed E-state index contributed by atoms with van der Waals surface area (Å²) >= 11 is 0. The first-order valence-electron chi connectivity index (χ1n) is 29.6. The summed E-state index contributed by atoms with van der Waals surface area (Å²) in [5, 5.41) is 10.0. The Labute approximate surface area is 489 Å². The molecular weight excluding hydrogens is 1010 g/mol. The van der Waals surface area contributed by atoms with Crippen LogP contribution in [0.15, 0.2) is 243 Å². The van der Waals surface area contributed by atoms with E-state index in [0.717, 1.165) is 11.4 Å². The minimum Gasteiger partial charge on any atom is -0.309 e. The van der Waals surface area contributed by atoms with Crippen LogP contribution >= 0.6 is 0 Å². The third-order valence-electron chi connectivity index (χ3n) is 18.9. The number of nitrogens with zero attached hydrogens (tertiary/aromatic N) is 4. The van der Waals surface area contributed by atoms with E-state index in [4.69, 9.17) is 0 Å². The Bertz CT molecular complexity index is 5000. The van der Waals surface area contributed by atoms with E-state index in [0.29, 0.717) is 0 Å². The number of aryl methyl sites for hydroxylation is 6. The van der Waals surface area contributed by atoms with Gasteiger partial charge in [0.1, 0.15) is 0 Å². The first-order chi connectivity index (χ1) is 41.2. The van der Waals surface area contributed by atoms with Crippen LogP contribution in [0.4, 0.5) is 0 Å². The molecule has 17 rings (SSSR count). The fourth-order valence-corrected chi connectivity index (χ4v) is 15.8. The van der Waals surface area contributed by atoms with Gasteiger partial charge in [0.2, 0.25) is 13.4 Å². The Kier molecular flexibility index (Phi) is 10.6. The maximum Gasteiger partial charge on any atom is 0.240 e. The van der Waals surface area contributed by atoms with Gasteiger partial charge >= 0.3 is 0 Å². The molecule has 0 saturated heterocycles. The molecule has 0 bridgehead atoms. The topological polar surface area (TPSA) is 19.7 Å². The van der Waals surface area contributed by atoms with E-state index in [-0.39, 0.29) is 13.4 Å². The molecule has 0 amide bonds. The van der Waals surface area contributed by atoms with Gasteiger partial charge < -0.3 is 18.3 Å². The molecule has 0 unspecified atom stereocenters. The van der Waals surface area contributed by atoms with Crippen molar-refractivity contribution in [2.24, 2.45) is 0 Å². The normalized spacial score (nSPS) is 12.6. The lowest BCUT2D eigenvalue weighted by Crippen LogP contribution is -2.76. The minimum absolute atomic E-state index is 0.0335. The lowest BCUT2D eigenvalue weighted by molar-refractivity contribution is 1.17. The van der Waals surface area contributed by atoms with Gasteiger partial charge in [-0.3, -0.25) is 0 Å². The van der Waals surface area contributed by atoms with Crippen molar-refractivity contribution in [3.05, 3.63) is 276 Å². The second kappa shape index (κ2) is 18.2. The van der Waals surface area contributed by atoms with Crippen LogP contribution in [0, 0.1) is 41.5 Å². The molecule has 6 heteroatoms. The summed E-state index contributed by atoms with van der Waals surface area (Å²) in [7, 11) is 0. The summed E-state index contributed by atoms with van der Waals surface area (Å²) in [6, 6.07) is 92.0. The van der Waals surface area contributed by atoms with Crippen molar-refractivity contribution in [2.75, 3.05) is 0 Å². The van der Waals surface area contributed by atoms with Crippen LogP contribution in [-0.4, -0.2) is 31.7 Å². The van der Waals surface area contributed by atoms with E-state index in [1.54, 1.807) is 0 Å². The quantitative estimate of drug-likeness (QED) is 0.148. The molecule has 1 aliphatic heterocycles. The lowest BCUT2D eigenvalue weighted by Gasteiger charge is -2.35. The van der Waals surface area contributed by atoms with E-state index in [1.165, 1.54) is 165 Å². The molecule has 0 fully saturated rings. The third-order valence-corrected chi connectivity index (χ3v) is 18.9. The molecule has 0 N–H and O–H groups in total. The molecule has 16 aromatic rings. The van der Waals surface area contributed by atoms with Crippen molar-refractivity contribution < 1.29 is 0 Å². The molecule has 1 aliphatic rings. The molecule has 84 heavy (non-hydrogen) atoms. The van der Waals surface area contributed by atoms with Crippen LogP contribution in [0.5, 0.6) is 0 Å². The number of hydrogen-bond acceptors (Lipinski definition) is 0. The van der Waals surface area contributed by atoms with Crippen LogP contribution in [0.3, 0.4) is 0 Å². The van der Waals surface area contributed by atoms with Gasteiger partial charge in [0, 0.05) is 65.8 Å². The van der Waals surface area contributed by atoms with E-state index < -0.39 is 0 Å². The number of rotatable bonds is 6. The predicted molar refractivity (Wildman–Crippen MR) is 361 cm³/mol. The summed E-state index contributed by atoms with van der Waals surface area (Å²) in [4.78, 5) is 0.